The number of nitrogens with two attached hydrogens (primary N) is 1. The van der Waals surface area contributed by atoms with E-state index in [1.807, 2.05) is 32.0 Å². The highest BCUT2D eigenvalue weighted by atomic mass is 16.5. The summed E-state index contributed by atoms with van der Waals surface area (Å²) in [6.07, 6.45) is 1.25. The number of ether oxygens (including phenoxy) is 1. The summed E-state index contributed by atoms with van der Waals surface area (Å²) in [6.45, 7) is 8.40. The second-order valence-corrected chi connectivity index (χ2v) is 4.76. The molecular formula is C14H24N2O. The third-order valence-corrected chi connectivity index (χ3v) is 3.02. The van der Waals surface area contributed by atoms with Crippen molar-refractivity contribution < 1.29 is 4.74 Å². The van der Waals surface area contributed by atoms with Gasteiger partial charge in [-0.2, -0.15) is 0 Å². The fraction of sp³-hybridized carbons (Fsp3) is 0.571. The number of nitrogen functional groups attached to an aromatic ring is 1. The first-order chi connectivity index (χ1) is 7.95. The van der Waals surface area contributed by atoms with Gasteiger partial charge in [0.1, 0.15) is 5.75 Å². The number of rotatable bonds is 5. The highest BCUT2D eigenvalue weighted by Crippen LogP contribution is 2.29. The van der Waals surface area contributed by atoms with E-state index in [2.05, 4.69) is 25.8 Å². The molecule has 2 N–H and O–H groups in total. The zero-order valence-corrected chi connectivity index (χ0v) is 11.5. The average Bonchev–Trinajstić information content (AvgIpc) is 2.29. The molecule has 0 heterocycles. The molecule has 0 aliphatic carbocycles. The van der Waals surface area contributed by atoms with Gasteiger partial charge in [0.25, 0.3) is 0 Å². The lowest BCUT2D eigenvalue weighted by Gasteiger charge is -2.27. The van der Waals surface area contributed by atoms with Crippen LogP contribution in [0.1, 0.15) is 34.1 Å². The fourth-order valence-corrected chi connectivity index (χ4v) is 1.63. The molecule has 1 rings (SSSR count). The molecule has 0 spiro atoms. The van der Waals surface area contributed by atoms with Crippen molar-refractivity contribution >= 4 is 11.4 Å². The third-order valence-electron chi connectivity index (χ3n) is 3.02. The molecule has 96 valence electrons. The van der Waals surface area contributed by atoms with Gasteiger partial charge < -0.3 is 15.4 Å². The van der Waals surface area contributed by atoms with Gasteiger partial charge in [-0.1, -0.05) is 6.92 Å². The first-order valence-electron chi connectivity index (χ1n) is 6.24. The van der Waals surface area contributed by atoms with Crippen LogP contribution in [0.2, 0.25) is 0 Å². The summed E-state index contributed by atoms with van der Waals surface area (Å²) in [4.78, 5) is 2.24. The topological polar surface area (TPSA) is 38.5 Å². The van der Waals surface area contributed by atoms with Crippen LogP contribution < -0.4 is 15.4 Å². The predicted octanol–water partition coefficient (Wildman–Crippen LogP) is 3.29. The molecule has 1 unspecified atom stereocenters. The summed E-state index contributed by atoms with van der Waals surface area (Å²) >= 11 is 0. The van der Waals surface area contributed by atoms with E-state index >= 15 is 0 Å². The van der Waals surface area contributed by atoms with E-state index in [0.717, 1.165) is 17.9 Å². The van der Waals surface area contributed by atoms with E-state index in [9.17, 15) is 0 Å². The molecule has 0 bridgehead atoms. The zero-order chi connectivity index (χ0) is 13.0. The van der Waals surface area contributed by atoms with E-state index in [1.54, 1.807) is 0 Å². The Balaban J connectivity index is 2.95. The fourth-order valence-electron chi connectivity index (χ4n) is 1.63. The summed E-state index contributed by atoms with van der Waals surface area (Å²) in [5.74, 6) is 0.771. The quantitative estimate of drug-likeness (QED) is 0.797. The van der Waals surface area contributed by atoms with Gasteiger partial charge in [-0.25, -0.2) is 0 Å². The summed E-state index contributed by atoms with van der Waals surface area (Å²) in [6, 6.07) is 6.47. The lowest BCUT2D eigenvalue weighted by molar-refractivity contribution is 0.244. The van der Waals surface area contributed by atoms with Crippen LogP contribution in [0, 0.1) is 0 Å². The maximum atomic E-state index is 5.90. The van der Waals surface area contributed by atoms with E-state index in [-0.39, 0.29) is 6.10 Å². The Kier molecular flexibility index (Phi) is 4.67. The number of nitrogens with zero attached hydrogens (tertiary/aromatic N) is 1. The first kappa shape index (κ1) is 13.7. The number of hydrogen-bond donors (Lipinski definition) is 1. The van der Waals surface area contributed by atoms with Crippen molar-refractivity contribution in [3.63, 3.8) is 0 Å². The standard InChI is InChI=1S/C14H24N2O/c1-6-11(4)16(5)12-7-8-13(15)14(9-12)17-10(2)3/h7-11H,6,15H2,1-5H3. The third kappa shape index (κ3) is 3.55. The summed E-state index contributed by atoms with van der Waals surface area (Å²) in [5.41, 5.74) is 7.74. The molecule has 0 aromatic heterocycles. The van der Waals surface area contributed by atoms with Gasteiger partial charge in [-0.3, -0.25) is 0 Å². The van der Waals surface area contributed by atoms with Gasteiger partial charge in [0.15, 0.2) is 0 Å². The maximum Gasteiger partial charge on any atom is 0.144 e. The number of hydrogen-bond acceptors (Lipinski definition) is 3. The molecular weight excluding hydrogens is 212 g/mol. The van der Waals surface area contributed by atoms with Gasteiger partial charge in [0.05, 0.1) is 11.8 Å². The Hall–Kier alpha value is -1.38. The van der Waals surface area contributed by atoms with Gasteiger partial charge >= 0.3 is 0 Å². The van der Waals surface area contributed by atoms with Crippen LogP contribution in [0.3, 0.4) is 0 Å². The summed E-state index contributed by atoms with van der Waals surface area (Å²) in [7, 11) is 2.10. The lowest BCUT2D eigenvalue weighted by Crippen LogP contribution is -2.28. The van der Waals surface area contributed by atoms with Gasteiger partial charge in [-0.15, -0.1) is 0 Å². The highest BCUT2D eigenvalue weighted by Gasteiger charge is 2.11. The number of anilines is 2. The smallest absolute Gasteiger partial charge is 0.144 e. The van der Waals surface area contributed by atoms with E-state index in [1.165, 1.54) is 0 Å². The number of benzene rings is 1. The van der Waals surface area contributed by atoms with Crippen molar-refractivity contribution in [1.29, 1.82) is 0 Å². The Bertz CT molecular complexity index is 363. The highest BCUT2D eigenvalue weighted by molar-refractivity contribution is 5.62. The zero-order valence-electron chi connectivity index (χ0n) is 11.5. The summed E-state index contributed by atoms with van der Waals surface area (Å²) in [5, 5.41) is 0. The van der Waals surface area contributed by atoms with Crippen LogP contribution >= 0.6 is 0 Å². The van der Waals surface area contributed by atoms with Crippen LogP contribution in [0.25, 0.3) is 0 Å². The monoisotopic (exact) mass is 236 g/mol. The minimum Gasteiger partial charge on any atom is -0.489 e. The van der Waals surface area contributed by atoms with Crippen LogP contribution in [0.15, 0.2) is 18.2 Å². The van der Waals surface area contributed by atoms with E-state index < -0.39 is 0 Å². The van der Waals surface area contributed by atoms with Crippen LogP contribution in [0.4, 0.5) is 11.4 Å². The largest absolute Gasteiger partial charge is 0.489 e. The first-order valence-corrected chi connectivity index (χ1v) is 6.24. The molecule has 0 fully saturated rings. The van der Waals surface area contributed by atoms with Crippen LogP contribution in [-0.2, 0) is 0 Å². The molecule has 0 radical (unpaired) electrons. The van der Waals surface area contributed by atoms with Crippen molar-refractivity contribution in [2.24, 2.45) is 0 Å². The predicted molar refractivity (Wildman–Crippen MR) is 74.8 cm³/mol. The van der Waals surface area contributed by atoms with Crippen molar-refractivity contribution in [3.8, 4) is 5.75 Å². The van der Waals surface area contributed by atoms with Crippen molar-refractivity contribution in [1.82, 2.24) is 0 Å². The van der Waals surface area contributed by atoms with E-state index in [4.69, 9.17) is 10.5 Å². The Morgan fingerprint density at radius 1 is 1.29 bits per heavy atom. The Morgan fingerprint density at radius 2 is 1.94 bits per heavy atom. The van der Waals surface area contributed by atoms with Gasteiger partial charge in [0.2, 0.25) is 0 Å². The Labute approximate surface area is 105 Å². The summed E-state index contributed by atoms with van der Waals surface area (Å²) < 4.78 is 5.70. The molecule has 0 aliphatic rings. The maximum absolute atomic E-state index is 5.90. The molecule has 0 saturated heterocycles. The van der Waals surface area contributed by atoms with E-state index in [0.29, 0.717) is 11.7 Å². The second kappa shape index (κ2) is 5.80. The molecule has 1 aromatic rings. The minimum absolute atomic E-state index is 0.140. The van der Waals surface area contributed by atoms with Gasteiger partial charge in [-0.05, 0) is 39.3 Å². The van der Waals surface area contributed by atoms with Crippen molar-refractivity contribution in [2.45, 2.75) is 46.3 Å². The van der Waals surface area contributed by atoms with Crippen molar-refractivity contribution in [2.75, 3.05) is 17.7 Å². The molecule has 1 aromatic carbocycles. The molecule has 1 atom stereocenters. The molecule has 0 aliphatic heterocycles. The SMILES string of the molecule is CCC(C)N(C)c1ccc(N)c(OC(C)C)c1. The normalized spacial score (nSPS) is 12.6. The van der Waals surface area contributed by atoms with Crippen molar-refractivity contribution in [3.05, 3.63) is 18.2 Å². The lowest BCUT2D eigenvalue weighted by atomic mass is 10.2. The molecule has 3 heteroatoms. The molecule has 0 saturated carbocycles. The molecule has 17 heavy (non-hydrogen) atoms. The molecule has 3 nitrogen and oxygen atoms in total. The average molecular weight is 236 g/mol. The Morgan fingerprint density at radius 3 is 2.47 bits per heavy atom. The van der Waals surface area contributed by atoms with Crippen LogP contribution in [-0.4, -0.2) is 19.2 Å². The van der Waals surface area contributed by atoms with Gasteiger partial charge in [0, 0.05) is 24.8 Å². The minimum atomic E-state index is 0.140. The molecule has 0 amide bonds. The van der Waals surface area contributed by atoms with Crippen LogP contribution in [0.5, 0.6) is 5.75 Å². The second-order valence-electron chi connectivity index (χ2n) is 4.76.